The van der Waals surface area contributed by atoms with Crippen LogP contribution >= 0.6 is 11.6 Å². The van der Waals surface area contributed by atoms with E-state index in [-0.39, 0.29) is 0 Å². The number of fused-ring (bicyclic) bond motifs is 1. The molecule has 0 spiro atoms. The smallest absolute Gasteiger partial charge is 0.135 e. The third kappa shape index (κ3) is 4.41. The molecule has 0 saturated carbocycles. The molecule has 1 nitrogen and oxygen atoms in total. The molecule has 0 atom stereocenters. The van der Waals surface area contributed by atoms with Crippen molar-refractivity contribution in [3.05, 3.63) is 42.0 Å². The Kier molecular flexibility index (Phi) is 6.44. The van der Waals surface area contributed by atoms with Gasteiger partial charge in [-0.05, 0) is 17.9 Å². The van der Waals surface area contributed by atoms with E-state index in [0.29, 0.717) is 5.88 Å². The van der Waals surface area contributed by atoms with Gasteiger partial charge in [-0.1, -0.05) is 68.4 Å². The molecule has 0 amide bonds. The zero-order valence-corrected chi connectivity index (χ0v) is 13.2. The van der Waals surface area contributed by atoms with Gasteiger partial charge in [-0.15, -0.1) is 11.6 Å². The standard InChI is InChI=1S/C19H21ClO/c1-2-3-4-7-15-21-19-13-12-16-9-5-6-10-17(16)18(19)11-8-14-20/h5-6,9-10,12-13H,2-4,7,14-15H2,1H3. The fourth-order valence-electron chi connectivity index (χ4n) is 2.33. The number of hydrogen-bond donors (Lipinski definition) is 0. The van der Waals surface area contributed by atoms with E-state index in [2.05, 4.69) is 37.0 Å². The maximum atomic E-state index is 5.94. The van der Waals surface area contributed by atoms with Crippen molar-refractivity contribution in [1.29, 1.82) is 0 Å². The van der Waals surface area contributed by atoms with Crippen molar-refractivity contribution in [1.82, 2.24) is 0 Å². The van der Waals surface area contributed by atoms with Crippen LogP contribution in [0, 0.1) is 11.8 Å². The minimum absolute atomic E-state index is 0.333. The second kappa shape index (κ2) is 8.60. The van der Waals surface area contributed by atoms with Gasteiger partial charge in [0.1, 0.15) is 5.75 Å². The molecule has 0 aromatic heterocycles. The molecule has 0 aliphatic rings. The first kappa shape index (κ1) is 15.7. The van der Waals surface area contributed by atoms with Gasteiger partial charge in [0.25, 0.3) is 0 Å². The molecule has 0 radical (unpaired) electrons. The van der Waals surface area contributed by atoms with Gasteiger partial charge < -0.3 is 4.74 Å². The van der Waals surface area contributed by atoms with Gasteiger partial charge in [0.15, 0.2) is 0 Å². The number of alkyl halides is 1. The largest absolute Gasteiger partial charge is 0.492 e. The molecular formula is C19H21ClO. The van der Waals surface area contributed by atoms with Crippen molar-refractivity contribution < 1.29 is 4.74 Å². The van der Waals surface area contributed by atoms with Gasteiger partial charge in [-0.2, -0.15) is 0 Å². The predicted octanol–water partition coefficient (Wildman–Crippen LogP) is 5.39. The lowest BCUT2D eigenvalue weighted by molar-refractivity contribution is 0.305. The number of unbranched alkanes of at least 4 members (excludes halogenated alkanes) is 3. The van der Waals surface area contributed by atoms with Gasteiger partial charge in [0.05, 0.1) is 18.1 Å². The Labute approximate surface area is 132 Å². The summed E-state index contributed by atoms with van der Waals surface area (Å²) < 4.78 is 5.94. The molecule has 0 fully saturated rings. The van der Waals surface area contributed by atoms with Crippen molar-refractivity contribution >= 4 is 22.4 Å². The third-order valence-corrected chi connectivity index (χ3v) is 3.56. The van der Waals surface area contributed by atoms with Crippen LogP contribution in [-0.2, 0) is 0 Å². The van der Waals surface area contributed by atoms with Crippen LogP contribution in [0.4, 0.5) is 0 Å². The molecule has 0 unspecified atom stereocenters. The second-order valence-electron chi connectivity index (χ2n) is 5.00. The topological polar surface area (TPSA) is 9.23 Å². The van der Waals surface area contributed by atoms with Crippen LogP contribution in [0.3, 0.4) is 0 Å². The van der Waals surface area contributed by atoms with Crippen LogP contribution in [0.5, 0.6) is 5.75 Å². The van der Waals surface area contributed by atoms with E-state index >= 15 is 0 Å². The highest BCUT2D eigenvalue weighted by molar-refractivity contribution is 6.19. The quantitative estimate of drug-likeness (QED) is 0.395. The molecule has 2 aromatic rings. The first-order chi connectivity index (χ1) is 10.4. The molecule has 2 rings (SSSR count). The molecule has 21 heavy (non-hydrogen) atoms. The van der Waals surface area contributed by atoms with Crippen LogP contribution in [-0.4, -0.2) is 12.5 Å². The molecular weight excluding hydrogens is 280 g/mol. The summed E-state index contributed by atoms with van der Waals surface area (Å²) >= 11 is 5.70. The van der Waals surface area contributed by atoms with E-state index in [1.807, 2.05) is 18.2 Å². The van der Waals surface area contributed by atoms with Gasteiger partial charge in [0, 0.05) is 5.39 Å². The van der Waals surface area contributed by atoms with Gasteiger partial charge in [-0.3, -0.25) is 0 Å². The lowest BCUT2D eigenvalue weighted by Crippen LogP contribution is -1.99. The van der Waals surface area contributed by atoms with Crippen LogP contribution in [0.15, 0.2) is 36.4 Å². The normalized spacial score (nSPS) is 10.2. The number of benzene rings is 2. The van der Waals surface area contributed by atoms with Crippen molar-refractivity contribution in [2.24, 2.45) is 0 Å². The molecule has 2 aromatic carbocycles. The van der Waals surface area contributed by atoms with E-state index in [0.717, 1.165) is 29.7 Å². The summed E-state index contributed by atoms with van der Waals surface area (Å²) in [6.07, 6.45) is 4.80. The lowest BCUT2D eigenvalue weighted by Gasteiger charge is -2.10. The minimum atomic E-state index is 0.333. The number of hydrogen-bond acceptors (Lipinski definition) is 1. The van der Waals surface area contributed by atoms with Gasteiger partial charge in [0.2, 0.25) is 0 Å². The molecule has 0 heterocycles. The van der Waals surface area contributed by atoms with Crippen molar-refractivity contribution in [3.63, 3.8) is 0 Å². The summed E-state index contributed by atoms with van der Waals surface area (Å²) in [6, 6.07) is 12.3. The highest BCUT2D eigenvalue weighted by Crippen LogP contribution is 2.27. The van der Waals surface area contributed by atoms with E-state index in [9.17, 15) is 0 Å². The Balaban J connectivity index is 2.21. The number of rotatable bonds is 6. The van der Waals surface area contributed by atoms with Crippen LogP contribution in [0.1, 0.15) is 38.2 Å². The van der Waals surface area contributed by atoms with Crippen LogP contribution < -0.4 is 4.74 Å². The Morgan fingerprint density at radius 1 is 1.05 bits per heavy atom. The monoisotopic (exact) mass is 300 g/mol. The molecule has 0 aliphatic heterocycles. The summed E-state index contributed by atoms with van der Waals surface area (Å²) in [5.74, 6) is 7.29. The molecule has 0 bridgehead atoms. The molecule has 0 aliphatic carbocycles. The van der Waals surface area contributed by atoms with Gasteiger partial charge in [-0.25, -0.2) is 0 Å². The maximum absolute atomic E-state index is 5.94. The SMILES string of the molecule is CCCCCCOc1ccc2ccccc2c1C#CCCl. The summed E-state index contributed by atoms with van der Waals surface area (Å²) in [4.78, 5) is 0. The van der Waals surface area contributed by atoms with E-state index in [4.69, 9.17) is 16.3 Å². The van der Waals surface area contributed by atoms with Crippen LogP contribution in [0.2, 0.25) is 0 Å². The summed E-state index contributed by atoms with van der Waals surface area (Å²) in [5, 5.41) is 2.30. The Bertz CT molecular complexity index is 637. The summed E-state index contributed by atoms with van der Waals surface area (Å²) in [6.45, 7) is 2.96. The Morgan fingerprint density at radius 3 is 2.71 bits per heavy atom. The summed E-state index contributed by atoms with van der Waals surface area (Å²) in [5.41, 5.74) is 0.948. The maximum Gasteiger partial charge on any atom is 0.135 e. The Morgan fingerprint density at radius 2 is 1.90 bits per heavy atom. The first-order valence-corrected chi connectivity index (χ1v) is 8.09. The first-order valence-electron chi connectivity index (χ1n) is 7.56. The van der Waals surface area contributed by atoms with Crippen LogP contribution in [0.25, 0.3) is 10.8 Å². The minimum Gasteiger partial charge on any atom is -0.492 e. The molecule has 2 heteroatoms. The van der Waals surface area contributed by atoms with Gasteiger partial charge >= 0.3 is 0 Å². The fraction of sp³-hybridized carbons (Fsp3) is 0.368. The third-order valence-electron chi connectivity index (χ3n) is 3.43. The van der Waals surface area contributed by atoms with Crippen molar-refractivity contribution in [2.75, 3.05) is 12.5 Å². The van der Waals surface area contributed by atoms with E-state index in [1.165, 1.54) is 24.6 Å². The summed E-state index contributed by atoms with van der Waals surface area (Å²) in [7, 11) is 0. The zero-order valence-electron chi connectivity index (χ0n) is 12.5. The van der Waals surface area contributed by atoms with E-state index < -0.39 is 0 Å². The number of ether oxygens (including phenoxy) is 1. The molecule has 0 N–H and O–H groups in total. The van der Waals surface area contributed by atoms with Crippen molar-refractivity contribution in [3.8, 4) is 17.6 Å². The highest BCUT2D eigenvalue weighted by Gasteiger charge is 2.06. The Hall–Kier alpha value is -1.65. The lowest BCUT2D eigenvalue weighted by atomic mass is 10.0. The predicted molar refractivity (Wildman–Crippen MR) is 91.2 cm³/mol. The second-order valence-corrected chi connectivity index (χ2v) is 5.27. The molecule has 0 saturated heterocycles. The molecule has 110 valence electrons. The highest BCUT2D eigenvalue weighted by atomic mass is 35.5. The average Bonchev–Trinajstić information content (AvgIpc) is 2.53. The fourth-order valence-corrected chi connectivity index (χ4v) is 2.40. The van der Waals surface area contributed by atoms with E-state index in [1.54, 1.807) is 0 Å². The average molecular weight is 301 g/mol. The van der Waals surface area contributed by atoms with Crippen molar-refractivity contribution in [2.45, 2.75) is 32.6 Å². The zero-order chi connectivity index (χ0) is 14.9. The number of halogens is 1.